The van der Waals surface area contributed by atoms with Gasteiger partial charge in [-0.2, -0.15) is 0 Å². The van der Waals surface area contributed by atoms with E-state index in [0.717, 1.165) is 45.1 Å². The van der Waals surface area contributed by atoms with Crippen LogP contribution in [0.1, 0.15) is 48.9 Å². The van der Waals surface area contributed by atoms with Crippen molar-refractivity contribution in [3.8, 4) is 0 Å². The van der Waals surface area contributed by atoms with E-state index in [1.165, 1.54) is 38.2 Å². The average Bonchev–Trinajstić information content (AvgIpc) is 3.41. The van der Waals surface area contributed by atoms with E-state index in [1.54, 1.807) is 6.07 Å². The summed E-state index contributed by atoms with van der Waals surface area (Å²) < 4.78 is 5.00. The quantitative estimate of drug-likeness (QED) is 0.830. The van der Waals surface area contributed by atoms with Crippen LogP contribution in [0.25, 0.3) is 0 Å². The van der Waals surface area contributed by atoms with Gasteiger partial charge in [0.25, 0.3) is 5.91 Å². The van der Waals surface area contributed by atoms with Gasteiger partial charge in [-0.1, -0.05) is 12.8 Å². The van der Waals surface area contributed by atoms with E-state index >= 15 is 0 Å². The Morgan fingerprint density at radius 2 is 1.58 bits per heavy atom. The number of furan rings is 1. The van der Waals surface area contributed by atoms with Crippen molar-refractivity contribution >= 4 is 11.8 Å². The van der Waals surface area contributed by atoms with Crippen LogP contribution in [0.5, 0.6) is 0 Å². The molecule has 0 radical (unpaired) electrons. The van der Waals surface area contributed by atoms with Crippen LogP contribution in [0, 0.1) is 5.92 Å². The number of rotatable bonds is 3. The van der Waals surface area contributed by atoms with Crippen LogP contribution in [-0.4, -0.2) is 71.8 Å². The van der Waals surface area contributed by atoms with Gasteiger partial charge in [-0.3, -0.25) is 14.5 Å². The molecule has 1 aromatic heterocycles. The molecule has 2 amide bonds. The van der Waals surface area contributed by atoms with Crippen LogP contribution in [0.2, 0.25) is 0 Å². The zero-order valence-corrected chi connectivity index (χ0v) is 15.4. The van der Waals surface area contributed by atoms with Gasteiger partial charge in [-0.25, -0.2) is 0 Å². The molecule has 0 unspecified atom stereocenters. The second-order valence-corrected chi connectivity index (χ2v) is 7.88. The SMILES string of the molecule is O=C(c1ccoc1)N1CCC(C(=O)N2CCN(C3CCCC3)CC2)CC1. The minimum atomic E-state index is 0.00910. The third kappa shape index (κ3) is 3.65. The fourth-order valence-electron chi connectivity index (χ4n) is 4.73. The van der Waals surface area contributed by atoms with E-state index in [9.17, 15) is 9.59 Å². The largest absolute Gasteiger partial charge is 0.472 e. The molecule has 4 rings (SSSR count). The Hall–Kier alpha value is -1.82. The monoisotopic (exact) mass is 359 g/mol. The first-order chi connectivity index (χ1) is 12.7. The van der Waals surface area contributed by atoms with Gasteiger partial charge in [0.1, 0.15) is 6.26 Å². The van der Waals surface area contributed by atoms with Crippen LogP contribution < -0.4 is 0 Å². The first kappa shape index (κ1) is 17.6. The van der Waals surface area contributed by atoms with E-state index in [1.807, 2.05) is 4.90 Å². The summed E-state index contributed by atoms with van der Waals surface area (Å²) in [5.74, 6) is 0.378. The van der Waals surface area contributed by atoms with Gasteiger partial charge in [-0.15, -0.1) is 0 Å². The first-order valence-electron chi connectivity index (χ1n) is 10.1. The second kappa shape index (κ2) is 7.82. The van der Waals surface area contributed by atoms with Crippen molar-refractivity contribution in [1.29, 1.82) is 0 Å². The molecule has 3 fully saturated rings. The fourth-order valence-corrected chi connectivity index (χ4v) is 4.73. The van der Waals surface area contributed by atoms with Gasteiger partial charge in [0.05, 0.1) is 11.8 Å². The molecule has 3 aliphatic rings. The molecular formula is C20H29N3O3. The molecule has 0 aromatic carbocycles. The van der Waals surface area contributed by atoms with E-state index < -0.39 is 0 Å². The third-order valence-electron chi connectivity index (χ3n) is 6.37. The van der Waals surface area contributed by atoms with Crippen LogP contribution in [0.4, 0.5) is 0 Å². The summed E-state index contributed by atoms with van der Waals surface area (Å²) in [5, 5.41) is 0. The predicted octanol–water partition coefficient (Wildman–Crippen LogP) is 2.22. The van der Waals surface area contributed by atoms with E-state index in [0.29, 0.717) is 24.6 Å². The molecule has 142 valence electrons. The number of carbonyl (C=O) groups is 2. The summed E-state index contributed by atoms with van der Waals surface area (Å²) in [5.41, 5.74) is 0.595. The standard InChI is InChI=1S/C20H29N3O3/c24-19(23-12-10-21(11-13-23)18-3-1-2-4-18)16-5-8-22(9-6-16)20(25)17-7-14-26-15-17/h7,14-16,18H,1-6,8-13H2. The number of hydrogen-bond acceptors (Lipinski definition) is 4. The molecule has 1 saturated carbocycles. The summed E-state index contributed by atoms with van der Waals surface area (Å²) in [6.45, 7) is 5.08. The lowest BCUT2D eigenvalue weighted by Gasteiger charge is -2.40. The predicted molar refractivity (Wildman–Crippen MR) is 97.7 cm³/mol. The molecular weight excluding hydrogens is 330 g/mol. The van der Waals surface area contributed by atoms with Crippen LogP contribution >= 0.6 is 0 Å². The van der Waals surface area contributed by atoms with E-state index in [2.05, 4.69) is 9.80 Å². The maximum atomic E-state index is 12.9. The maximum absolute atomic E-state index is 12.9. The van der Waals surface area contributed by atoms with Gasteiger partial charge in [0.15, 0.2) is 0 Å². The number of amides is 2. The number of likely N-dealkylation sites (tertiary alicyclic amines) is 1. The van der Waals surface area contributed by atoms with Crippen molar-refractivity contribution in [1.82, 2.24) is 14.7 Å². The Morgan fingerprint density at radius 3 is 2.19 bits per heavy atom. The molecule has 2 aliphatic heterocycles. The molecule has 0 atom stereocenters. The van der Waals surface area contributed by atoms with Crippen LogP contribution in [0.15, 0.2) is 23.0 Å². The van der Waals surface area contributed by atoms with Crippen molar-refractivity contribution in [2.45, 2.75) is 44.6 Å². The molecule has 26 heavy (non-hydrogen) atoms. The summed E-state index contributed by atoms with van der Waals surface area (Å²) >= 11 is 0. The Kier molecular flexibility index (Phi) is 5.29. The lowest BCUT2D eigenvalue weighted by Crippen LogP contribution is -2.53. The molecule has 1 aromatic rings. The van der Waals surface area contributed by atoms with Gasteiger partial charge in [-0.05, 0) is 31.7 Å². The van der Waals surface area contributed by atoms with Crippen LogP contribution in [-0.2, 0) is 4.79 Å². The maximum Gasteiger partial charge on any atom is 0.257 e. The summed E-state index contributed by atoms with van der Waals surface area (Å²) in [7, 11) is 0. The Balaban J connectivity index is 1.24. The lowest BCUT2D eigenvalue weighted by atomic mass is 9.94. The smallest absolute Gasteiger partial charge is 0.257 e. The Labute approximate surface area is 155 Å². The topological polar surface area (TPSA) is 57.0 Å². The normalized spacial score (nSPS) is 23.5. The molecule has 6 heteroatoms. The molecule has 0 spiro atoms. The minimum Gasteiger partial charge on any atom is -0.472 e. The van der Waals surface area contributed by atoms with Gasteiger partial charge in [0, 0.05) is 51.2 Å². The van der Waals surface area contributed by atoms with Gasteiger partial charge in [0.2, 0.25) is 5.91 Å². The minimum absolute atomic E-state index is 0.00910. The molecule has 1 aliphatic carbocycles. The molecule has 2 saturated heterocycles. The highest BCUT2D eigenvalue weighted by atomic mass is 16.3. The van der Waals surface area contributed by atoms with Crippen molar-refractivity contribution in [3.63, 3.8) is 0 Å². The fraction of sp³-hybridized carbons (Fsp3) is 0.700. The number of carbonyl (C=O) groups excluding carboxylic acids is 2. The van der Waals surface area contributed by atoms with Crippen molar-refractivity contribution in [3.05, 3.63) is 24.2 Å². The van der Waals surface area contributed by atoms with Crippen molar-refractivity contribution in [2.24, 2.45) is 5.92 Å². The summed E-state index contributed by atoms with van der Waals surface area (Å²) in [6.07, 6.45) is 9.93. The molecule has 6 nitrogen and oxygen atoms in total. The average molecular weight is 359 g/mol. The van der Waals surface area contributed by atoms with E-state index in [4.69, 9.17) is 4.42 Å². The number of nitrogens with zero attached hydrogens (tertiary/aromatic N) is 3. The van der Waals surface area contributed by atoms with Gasteiger partial charge < -0.3 is 14.2 Å². The lowest BCUT2D eigenvalue weighted by molar-refractivity contribution is -0.139. The van der Waals surface area contributed by atoms with Gasteiger partial charge >= 0.3 is 0 Å². The summed E-state index contributed by atoms with van der Waals surface area (Å²) in [4.78, 5) is 31.7. The highest BCUT2D eigenvalue weighted by Gasteiger charge is 2.33. The second-order valence-electron chi connectivity index (χ2n) is 7.88. The molecule has 0 bridgehead atoms. The zero-order chi connectivity index (χ0) is 17.9. The van der Waals surface area contributed by atoms with Crippen molar-refractivity contribution < 1.29 is 14.0 Å². The number of piperazine rings is 1. The first-order valence-corrected chi connectivity index (χ1v) is 10.1. The molecule has 3 heterocycles. The summed E-state index contributed by atoms with van der Waals surface area (Å²) in [6, 6.07) is 2.45. The highest BCUT2D eigenvalue weighted by molar-refractivity contribution is 5.94. The third-order valence-corrected chi connectivity index (χ3v) is 6.37. The van der Waals surface area contributed by atoms with Crippen LogP contribution in [0.3, 0.4) is 0 Å². The Bertz CT molecular complexity index is 608. The highest BCUT2D eigenvalue weighted by Crippen LogP contribution is 2.26. The molecule has 0 N–H and O–H groups in total. The van der Waals surface area contributed by atoms with Crippen molar-refractivity contribution in [2.75, 3.05) is 39.3 Å². The number of piperidine rings is 1. The zero-order valence-electron chi connectivity index (χ0n) is 15.4. The Morgan fingerprint density at radius 1 is 0.885 bits per heavy atom. The number of hydrogen-bond donors (Lipinski definition) is 0. The van der Waals surface area contributed by atoms with E-state index in [-0.39, 0.29) is 11.8 Å².